The molecule has 0 aliphatic carbocycles. The third-order valence-corrected chi connectivity index (χ3v) is 3.15. The summed E-state index contributed by atoms with van der Waals surface area (Å²) in [5.41, 5.74) is 1.37. The molecule has 0 saturated heterocycles. The Morgan fingerprint density at radius 1 is 1.33 bits per heavy atom. The van der Waals surface area contributed by atoms with Crippen LogP contribution in [0, 0.1) is 0 Å². The summed E-state index contributed by atoms with van der Waals surface area (Å²) < 4.78 is 0. The largest absolute Gasteiger partial charge is 0.303 e. The van der Waals surface area contributed by atoms with Crippen LogP contribution in [-0.2, 0) is 4.79 Å². The van der Waals surface area contributed by atoms with E-state index in [2.05, 4.69) is 32.6 Å². The first-order valence-electron chi connectivity index (χ1n) is 4.55. The first-order valence-corrected chi connectivity index (χ1v) is 8.26. The van der Waals surface area contributed by atoms with E-state index in [4.69, 9.17) is 0 Å². The molecule has 70 valence electrons. The number of aldehydes is 1. The first-order chi connectivity index (χ1) is 5.45. The SMILES string of the molecule is C/C(=C\C[Si](C)(C)C)CCC=O. The number of carbonyl (C=O) groups is 1. The molecule has 0 fully saturated rings. The molecule has 1 nitrogen and oxygen atoms in total. The predicted octanol–water partition coefficient (Wildman–Crippen LogP) is 3.25. The van der Waals surface area contributed by atoms with Gasteiger partial charge in [0.25, 0.3) is 0 Å². The van der Waals surface area contributed by atoms with Crippen molar-refractivity contribution in [3.63, 3.8) is 0 Å². The van der Waals surface area contributed by atoms with Crippen molar-refractivity contribution >= 4 is 14.4 Å². The van der Waals surface area contributed by atoms with Gasteiger partial charge in [-0.15, -0.1) is 0 Å². The number of rotatable bonds is 5. The van der Waals surface area contributed by atoms with Gasteiger partial charge in [0.2, 0.25) is 0 Å². The second kappa shape index (κ2) is 5.30. The van der Waals surface area contributed by atoms with E-state index in [1.165, 1.54) is 11.6 Å². The molecular formula is C10H20OSi. The van der Waals surface area contributed by atoms with Crippen LogP contribution < -0.4 is 0 Å². The van der Waals surface area contributed by atoms with Crippen LogP contribution in [0.4, 0.5) is 0 Å². The van der Waals surface area contributed by atoms with Gasteiger partial charge in [0.05, 0.1) is 0 Å². The van der Waals surface area contributed by atoms with Crippen molar-refractivity contribution in [3.05, 3.63) is 11.6 Å². The molecule has 0 aliphatic rings. The van der Waals surface area contributed by atoms with Crippen LogP contribution in [0.5, 0.6) is 0 Å². The number of hydrogen-bond acceptors (Lipinski definition) is 1. The molecule has 0 aromatic heterocycles. The topological polar surface area (TPSA) is 17.1 Å². The normalized spacial score (nSPS) is 13.2. The maximum Gasteiger partial charge on any atom is 0.120 e. The molecule has 0 aliphatic heterocycles. The molecule has 2 heteroatoms. The molecule has 0 heterocycles. The maximum absolute atomic E-state index is 10.1. The van der Waals surface area contributed by atoms with Gasteiger partial charge < -0.3 is 4.79 Å². The minimum absolute atomic E-state index is 0.675. The van der Waals surface area contributed by atoms with Gasteiger partial charge >= 0.3 is 0 Å². The zero-order valence-corrected chi connectivity index (χ0v) is 9.68. The highest BCUT2D eigenvalue weighted by Crippen LogP contribution is 2.12. The summed E-state index contributed by atoms with van der Waals surface area (Å²) in [5, 5.41) is 0. The second-order valence-corrected chi connectivity index (χ2v) is 10.1. The average Bonchev–Trinajstić information content (AvgIpc) is 1.95. The van der Waals surface area contributed by atoms with E-state index in [0.29, 0.717) is 6.42 Å². The van der Waals surface area contributed by atoms with Crippen molar-refractivity contribution in [1.82, 2.24) is 0 Å². The van der Waals surface area contributed by atoms with E-state index in [1.54, 1.807) is 0 Å². The molecule has 0 amide bonds. The molecule has 0 radical (unpaired) electrons. The van der Waals surface area contributed by atoms with Crippen LogP contribution in [0.15, 0.2) is 11.6 Å². The Morgan fingerprint density at radius 2 is 1.92 bits per heavy atom. The minimum atomic E-state index is -0.924. The molecule has 0 rings (SSSR count). The summed E-state index contributed by atoms with van der Waals surface area (Å²) in [6.45, 7) is 9.19. The molecule has 0 aromatic rings. The zero-order chi connectivity index (χ0) is 9.61. The predicted molar refractivity (Wildman–Crippen MR) is 57.2 cm³/mol. The molecule has 0 bridgehead atoms. The smallest absolute Gasteiger partial charge is 0.120 e. The highest BCUT2D eigenvalue weighted by molar-refractivity contribution is 6.76. The summed E-state index contributed by atoms with van der Waals surface area (Å²) in [6, 6.07) is 1.23. The fraction of sp³-hybridized carbons (Fsp3) is 0.700. The molecule has 0 spiro atoms. The molecule has 0 aromatic carbocycles. The van der Waals surface area contributed by atoms with E-state index in [-0.39, 0.29) is 0 Å². The van der Waals surface area contributed by atoms with Crippen LogP contribution in [0.25, 0.3) is 0 Å². The number of allylic oxidation sites excluding steroid dienone is 2. The molecule has 12 heavy (non-hydrogen) atoms. The quantitative estimate of drug-likeness (QED) is 0.364. The van der Waals surface area contributed by atoms with Crippen LogP contribution in [0.1, 0.15) is 19.8 Å². The van der Waals surface area contributed by atoms with Gasteiger partial charge in [-0.3, -0.25) is 0 Å². The van der Waals surface area contributed by atoms with E-state index in [0.717, 1.165) is 12.7 Å². The van der Waals surface area contributed by atoms with E-state index < -0.39 is 8.07 Å². The average molecular weight is 184 g/mol. The lowest BCUT2D eigenvalue weighted by Gasteiger charge is -2.12. The monoisotopic (exact) mass is 184 g/mol. The molecule has 0 N–H and O–H groups in total. The van der Waals surface area contributed by atoms with Gasteiger partial charge in [0.1, 0.15) is 6.29 Å². The van der Waals surface area contributed by atoms with Crippen molar-refractivity contribution < 1.29 is 4.79 Å². The third-order valence-electron chi connectivity index (χ3n) is 1.72. The highest BCUT2D eigenvalue weighted by atomic mass is 28.3. The Morgan fingerprint density at radius 3 is 2.33 bits per heavy atom. The van der Waals surface area contributed by atoms with Crippen molar-refractivity contribution in [1.29, 1.82) is 0 Å². The second-order valence-electron chi connectivity index (χ2n) is 4.52. The van der Waals surface area contributed by atoms with Gasteiger partial charge in [-0.05, 0) is 19.4 Å². The summed E-state index contributed by atoms with van der Waals surface area (Å²) in [4.78, 5) is 10.1. The Bertz CT molecular complexity index is 165. The Labute approximate surface area is 76.9 Å². The van der Waals surface area contributed by atoms with Gasteiger partial charge in [-0.25, -0.2) is 0 Å². The summed E-state index contributed by atoms with van der Waals surface area (Å²) in [7, 11) is -0.924. The highest BCUT2D eigenvalue weighted by Gasteiger charge is 2.09. The molecular weight excluding hydrogens is 164 g/mol. The zero-order valence-electron chi connectivity index (χ0n) is 8.68. The lowest BCUT2D eigenvalue weighted by molar-refractivity contribution is -0.107. The van der Waals surface area contributed by atoms with Crippen molar-refractivity contribution in [2.75, 3.05) is 0 Å². The van der Waals surface area contributed by atoms with E-state index in [1.807, 2.05) is 0 Å². The molecule has 0 atom stereocenters. The van der Waals surface area contributed by atoms with Gasteiger partial charge in [-0.1, -0.05) is 31.3 Å². The van der Waals surface area contributed by atoms with Crippen molar-refractivity contribution in [2.24, 2.45) is 0 Å². The van der Waals surface area contributed by atoms with Crippen molar-refractivity contribution in [3.8, 4) is 0 Å². The molecule has 0 saturated carbocycles. The van der Waals surface area contributed by atoms with Crippen LogP contribution in [-0.4, -0.2) is 14.4 Å². The fourth-order valence-electron chi connectivity index (χ4n) is 0.869. The number of hydrogen-bond donors (Lipinski definition) is 0. The lowest BCUT2D eigenvalue weighted by atomic mass is 10.2. The van der Waals surface area contributed by atoms with E-state index in [9.17, 15) is 4.79 Å². The summed E-state index contributed by atoms with van der Waals surface area (Å²) in [6.07, 6.45) is 4.91. The first kappa shape index (κ1) is 11.6. The fourth-order valence-corrected chi connectivity index (χ4v) is 1.83. The molecule has 0 unspecified atom stereocenters. The minimum Gasteiger partial charge on any atom is -0.303 e. The Kier molecular flexibility index (Phi) is 5.14. The van der Waals surface area contributed by atoms with Crippen LogP contribution in [0.2, 0.25) is 25.7 Å². The number of carbonyl (C=O) groups excluding carboxylic acids is 1. The van der Waals surface area contributed by atoms with Gasteiger partial charge in [-0.2, -0.15) is 0 Å². The lowest BCUT2D eigenvalue weighted by Crippen LogP contribution is -2.17. The Hall–Kier alpha value is -0.373. The van der Waals surface area contributed by atoms with Gasteiger partial charge in [0, 0.05) is 14.5 Å². The van der Waals surface area contributed by atoms with Crippen molar-refractivity contribution in [2.45, 2.75) is 45.5 Å². The third kappa shape index (κ3) is 7.73. The van der Waals surface area contributed by atoms with E-state index >= 15 is 0 Å². The summed E-state index contributed by atoms with van der Waals surface area (Å²) in [5.74, 6) is 0. The van der Waals surface area contributed by atoms with Crippen LogP contribution in [0.3, 0.4) is 0 Å². The van der Waals surface area contributed by atoms with Gasteiger partial charge in [0.15, 0.2) is 0 Å². The maximum atomic E-state index is 10.1. The Balaban J connectivity index is 3.76. The standard InChI is InChI=1S/C10H20OSi/c1-10(6-5-8-11)7-9-12(2,3)4/h7-8H,5-6,9H2,1-4H3/b10-7+. The van der Waals surface area contributed by atoms with Crippen LogP contribution >= 0.6 is 0 Å². The summed E-state index contributed by atoms with van der Waals surface area (Å²) >= 11 is 0.